The lowest BCUT2D eigenvalue weighted by Crippen LogP contribution is -2.18. The number of halogens is 1. The molecule has 0 spiro atoms. The van der Waals surface area contributed by atoms with E-state index < -0.39 is 0 Å². The minimum Gasteiger partial charge on any atom is -0.491 e. The van der Waals surface area contributed by atoms with Gasteiger partial charge in [0.2, 0.25) is 0 Å². The van der Waals surface area contributed by atoms with Crippen molar-refractivity contribution in [1.82, 2.24) is 25.7 Å². The van der Waals surface area contributed by atoms with Gasteiger partial charge in [-0.3, -0.25) is 9.78 Å². The third kappa shape index (κ3) is 3.14. The van der Waals surface area contributed by atoms with Gasteiger partial charge in [-0.2, -0.15) is 15.4 Å². The van der Waals surface area contributed by atoms with Crippen LogP contribution in [0.4, 0.5) is 0 Å². The smallest absolute Gasteiger partial charge is 0.252 e. The standard InChI is InChI=1S/C21H16ClN5O2S/c1-23-21(28)12-8-15-18(24-10-12)20-11(6-7-29-15)9-16(30-20)19-17(25-27-26-19)13-4-2-3-5-14(13)22/h2-5,8-10H,6-7H2,1H3,(H,23,28)(H,25,26,27). The van der Waals surface area contributed by atoms with E-state index in [1.165, 1.54) is 0 Å². The highest BCUT2D eigenvalue weighted by molar-refractivity contribution is 7.19. The molecule has 0 saturated carbocycles. The molecule has 150 valence electrons. The van der Waals surface area contributed by atoms with Crippen molar-refractivity contribution in [2.24, 2.45) is 0 Å². The lowest BCUT2D eigenvalue weighted by molar-refractivity contribution is 0.0962. The summed E-state index contributed by atoms with van der Waals surface area (Å²) in [6.45, 7) is 0.505. The van der Waals surface area contributed by atoms with Gasteiger partial charge >= 0.3 is 0 Å². The first kappa shape index (κ1) is 18.8. The molecule has 0 bridgehead atoms. The highest BCUT2D eigenvalue weighted by atomic mass is 35.5. The fourth-order valence-corrected chi connectivity index (χ4v) is 4.87. The summed E-state index contributed by atoms with van der Waals surface area (Å²) in [7, 11) is 1.59. The van der Waals surface area contributed by atoms with E-state index in [-0.39, 0.29) is 5.91 Å². The molecule has 30 heavy (non-hydrogen) atoms. The lowest BCUT2D eigenvalue weighted by atomic mass is 10.1. The van der Waals surface area contributed by atoms with Gasteiger partial charge in [-0.15, -0.1) is 11.3 Å². The van der Waals surface area contributed by atoms with Crippen LogP contribution in [0.3, 0.4) is 0 Å². The second-order valence-corrected chi connectivity index (χ2v) is 8.17. The average molecular weight is 438 g/mol. The Hall–Kier alpha value is -3.23. The van der Waals surface area contributed by atoms with Gasteiger partial charge in [0, 0.05) is 25.2 Å². The number of aromatic nitrogens is 4. The van der Waals surface area contributed by atoms with Gasteiger partial charge in [0.1, 0.15) is 22.8 Å². The predicted molar refractivity (Wildman–Crippen MR) is 116 cm³/mol. The van der Waals surface area contributed by atoms with E-state index in [4.69, 9.17) is 16.3 Å². The van der Waals surface area contributed by atoms with Crippen molar-refractivity contribution in [3.8, 4) is 38.1 Å². The fraction of sp³-hybridized carbons (Fsp3) is 0.143. The van der Waals surface area contributed by atoms with E-state index in [2.05, 4.69) is 31.8 Å². The van der Waals surface area contributed by atoms with E-state index in [0.717, 1.165) is 38.7 Å². The molecule has 3 aromatic heterocycles. The summed E-state index contributed by atoms with van der Waals surface area (Å²) in [4.78, 5) is 18.5. The van der Waals surface area contributed by atoms with Gasteiger partial charge < -0.3 is 10.1 Å². The Morgan fingerprint density at radius 1 is 1.20 bits per heavy atom. The van der Waals surface area contributed by atoms with Crippen molar-refractivity contribution in [3.63, 3.8) is 0 Å². The summed E-state index contributed by atoms with van der Waals surface area (Å²) in [6, 6.07) is 11.4. The van der Waals surface area contributed by atoms with Crippen LogP contribution in [0.15, 0.2) is 42.6 Å². The third-order valence-corrected chi connectivity index (χ3v) is 6.43. The van der Waals surface area contributed by atoms with Crippen molar-refractivity contribution in [2.45, 2.75) is 6.42 Å². The van der Waals surface area contributed by atoms with Crippen LogP contribution in [0.25, 0.3) is 32.4 Å². The van der Waals surface area contributed by atoms with E-state index in [0.29, 0.717) is 28.6 Å². The summed E-state index contributed by atoms with van der Waals surface area (Å²) in [5.41, 5.74) is 4.59. The maximum Gasteiger partial charge on any atom is 0.252 e. The van der Waals surface area contributed by atoms with Crippen LogP contribution >= 0.6 is 22.9 Å². The van der Waals surface area contributed by atoms with Crippen LogP contribution < -0.4 is 10.1 Å². The number of H-pyrrole nitrogens is 1. The number of ether oxygens (including phenoxy) is 1. The summed E-state index contributed by atoms with van der Waals surface area (Å²) in [6.07, 6.45) is 2.30. The van der Waals surface area contributed by atoms with Crippen molar-refractivity contribution in [1.29, 1.82) is 0 Å². The summed E-state index contributed by atoms with van der Waals surface area (Å²) in [5, 5.41) is 14.7. The van der Waals surface area contributed by atoms with E-state index >= 15 is 0 Å². The molecular weight excluding hydrogens is 422 g/mol. The largest absolute Gasteiger partial charge is 0.491 e. The van der Waals surface area contributed by atoms with Crippen LogP contribution in [0.5, 0.6) is 5.75 Å². The quantitative estimate of drug-likeness (QED) is 0.500. The van der Waals surface area contributed by atoms with E-state index in [1.807, 2.05) is 24.3 Å². The first-order chi connectivity index (χ1) is 14.7. The monoisotopic (exact) mass is 437 g/mol. The molecule has 4 aromatic rings. The number of fused-ring (bicyclic) bond motifs is 3. The van der Waals surface area contributed by atoms with E-state index in [9.17, 15) is 4.79 Å². The average Bonchev–Trinajstić information content (AvgIpc) is 3.37. The Morgan fingerprint density at radius 3 is 2.87 bits per heavy atom. The van der Waals surface area contributed by atoms with Gasteiger partial charge in [0.05, 0.1) is 26.9 Å². The number of thiophene rings is 1. The fourth-order valence-electron chi connectivity index (χ4n) is 3.44. The molecule has 0 saturated heterocycles. The topological polar surface area (TPSA) is 92.8 Å². The van der Waals surface area contributed by atoms with Gasteiger partial charge in [0.15, 0.2) is 0 Å². The van der Waals surface area contributed by atoms with Gasteiger partial charge in [0.25, 0.3) is 5.91 Å². The number of carbonyl (C=O) groups excluding carboxylic acids is 1. The number of hydrogen-bond acceptors (Lipinski definition) is 6. The SMILES string of the molecule is CNC(=O)c1cnc2c(c1)OCCc1cc(-c3n[nH]nc3-c3ccccc3Cl)sc1-2. The Morgan fingerprint density at radius 2 is 2.03 bits per heavy atom. The number of nitrogens with zero attached hydrogens (tertiary/aromatic N) is 3. The zero-order valence-electron chi connectivity index (χ0n) is 15.9. The van der Waals surface area contributed by atoms with Crippen LogP contribution in [0, 0.1) is 0 Å². The van der Waals surface area contributed by atoms with Crippen LogP contribution in [0.1, 0.15) is 15.9 Å². The molecular formula is C21H16ClN5O2S. The predicted octanol–water partition coefficient (Wildman–Crippen LogP) is 4.21. The number of nitrogens with one attached hydrogen (secondary N) is 2. The van der Waals surface area contributed by atoms with Gasteiger partial charge in [-0.1, -0.05) is 29.8 Å². The Labute approximate surface area is 181 Å². The number of hydrogen-bond donors (Lipinski definition) is 2. The zero-order chi connectivity index (χ0) is 20.7. The minimum atomic E-state index is -0.197. The molecule has 0 atom stereocenters. The van der Waals surface area contributed by atoms with Gasteiger partial charge in [-0.25, -0.2) is 0 Å². The van der Waals surface area contributed by atoms with Crippen molar-refractivity contribution in [3.05, 3.63) is 58.7 Å². The molecule has 0 unspecified atom stereocenters. The number of aromatic amines is 1. The van der Waals surface area contributed by atoms with Gasteiger partial charge in [-0.05, 0) is 23.8 Å². The molecule has 0 fully saturated rings. The molecule has 1 amide bonds. The molecule has 1 aliphatic rings. The molecule has 7 nitrogen and oxygen atoms in total. The second kappa shape index (κ2) is 7.55. The lowest BCUT2D eigenvalue weighted by Gasteiger charge is -2.08. The molecule has 0 aliphatic carbocycles. The number of pyridine rings is 1. The highest BCUT2D eigenvalue weighted by Gasteiger charge is 2.24. The summed E-state index contributed by atoms with van der Waals surface area (Å²) >= 11 is 7.95. The molecule has 5 rings (SSSR count). The maximum atomic E-state index is 12.0. The van der Waals surface area contributed by atoms with Crippen LogP contribution in [0.2, 0.25) is 5.02 Å². The first-order valence-electron chi connectivity index (χ1n) is 9.29. The third-order valence-electron chi connectivity index (χ3n) is 4.91. The number of amides is 1. The highest BCUT2D eigenvalue weighted by Crippen LogP contribution is 2.44. The Kier molecular flexibility index (Phi) is 4.72. The maximum absolute atomic E-state index is 12.0. The Bertz CT molecular complexity index is 1270. The van der Waals surface area contributed by atoms with Crippen LogP contribution in [-0.4, -0.2) is 40.0 Å². The normalized spacial score (nSPS) is 12.5. The van der Waals surface area contributed by atoms with Crippen molar-refractivity contribution in [2.75, 3.05) is 13.7 Å². The molecule has 2 N–H and O–H groups in total. The zero-order valence-corrected chi connectivity index (χ0v) is 17.5. The molecule has 0 radical (unpaired) electrons. The number of benzene rings is 1. The molecule has 9 heteroatoms. The van der Waals surface area contributed by atoms with Crippen molar-refractivity contribution < 1.29 is 9.53 Å². The second-order valence-electron chi connectivity index (χ2n) is 6.71. The number of rotatable bonds is 3. The minimum absolute atomic E-state index is 0.197. The number of carbonyl (C=O) groups is 1. The molecule has 1 aromatic carbocycles. The summed E-state index contributed by atoms with van der Waals surface area (Å²) < 4.78 is 5.88. The summed E-state index contributed by atoms with van der Waals surface area (Å²) in [5.74, 6) is 0.409. The Balaban J connectivity index is 1.60. The first-order valence-corrected chi connectivity index (χ1v) is 10.5. The van der Waals surface area contributed by atoms with Crippen molar-refractivity contribution >= 4 is 28.8 Å². The molecule has 4 heterocycles. The van der Waals surface area contributed by atoms with E-state index in [1.54, 1.807) is 30.6 Å². The van der Waals surface area contributed by atoms with Crippen LogP contribution in [-0.2, 0) is 6.42 Å². The molecule has 1 aliphatic heterocycles.